The topological polar surface area (TPSA) is 63.8 Å². The van der Waals surface area contributed by atoms with Gasteiger partial charge in [0, 0.05) is 17.2 Å². The van der Waals surface area contributed by atoms with Crippen molar-refractivity contribution in [3.63, 3.8) is 0 Å². The number of hydrogen-bond acceptors (Lipinski definition) is 4. The highest BCUT2D eigenvalue weighted by Crippen LogP contribution is 2.38. The molecular weight excluding hydrogens is 332 g/mol. The van der Waals surface area contributed by atoms with Gasteiger partial charge in [-0.25, -0.2) is 0 Å². The van der Waals surface area contributed by atoms with Crippen LogP contribution in [0.2, 0.25) is 0 Å². The molecule has 7 heteroatoms. The second-order valence-corrected chi connectivity index (χ2v) is 6.83. The van der Waals surface area contributed by atoms with Gasteiger partial charge in [0.25, 0.3) is 0 Å². The monoisotopic (exact) mass is 352 g/mol. The molecule has 0 bridgehead atoms. The van der Waals surface area contributed by atoms with Crippen LogP contribution in [0.15, 0.2) is 35.4 Å². The predicted octanol–water partition coefficient (Wildman–Crippen LogP) is 3.56. The van der Waals surface area contributed by atoms with Gasteiger partial charge in [0.2, 0.25) is 4.77 Å². The van der Waals surface area contributed by atoms with Crippen molar-refractivity contribution in [1.82, 2.24) is 24.7 Å². The molecule has 1 aliphatic carbocycles. The summed E-state index contributed by atoms with van der Waals surface area (Å²) in [5.74, 6) is 1.40. The Morgan fingerprint density at radius 2 is 2.04 bits per heavy atom. The number of benzene rings is 1. The van der Waals surface area contributed by atoms with Crippen molar-refractivity contribution in [3.05, 3.63) is 63.4 Å². The van der Waals surface area contributed by atoms with E-state index >= 15 is 0 Å². The lowest BCUT2D eigenvalue weighted by Crippen LogP contribution is -2.04. The largest absolute Gasteiger partial charge is 0.265 e. The standard InChI is InChI=1S/C18H20N6S/c1-12-16(10-19-24-17(15-8-9-15)20-21-18(24)25)13(2)23(22-12)11-14-6-4-3-5-7-14/h3-7,10,15H,8-9,11H2,1-2H3,(H,21,25)/b19-10-. The molecule has 2 aromatic heterocycles. The van der Waals surface area contributed by atoms with Crippen LogP contribution in [0, 0.1) is 18.6 Å². The molecule has 3 aromatic rings. The molecule has 25 heavy (non-hydrogen) atoms. The summed E-state index contributed by atoms with van der Waals surface area (Å²) in [7, 11) is 0. The molecule has 1 aromatic carbocycles. The first-order valence-corrected chi connectivity index (χ1v) is 8.84. The van der Waals surface area contributed by atoms with Gasteiger partial charge in [0.05, 0.1) is 18.5 Å². The Balaban J connectivity index is 1.63. The normalized spacial score (nSPS) is 14.5. The molecule has 0 spiro atoms. The van der Waals surface area contributed by atoms with Gasteiger partial charge in [-0.1, -0.05) is 30.3 Å². The zero-order valence-corrected chi connectivity index (χ0v) is 15.1. The molecule has 6 nitrogen and oxygen atoms in total. The number of aromatic amines is 1. The molecule has 0 atom stereocenters. The molecule has 0 amide bonds. The van der Waals surface area contributed by atoms with Crippen LogP contribution in [-0.2, 0) is 6.54 Å². The van der Waals surface area contributed by atoms with Gasteiger partial charge in [-0.15, -0.1) is 0 Å². The van der Waals surface area contributed by atoms with Crippen LogP contribution in [0.25, 0.3) is 0 Å². The average Bonchev–Trinajstić information content (AvgIpc) is 3.34. The summed E-state index contributed by atoms with van der Waals surface area (Å²) in [5, 5.41) is 16.4. The van der Waals surface area contributed by atoms with Crippen LogP contribution in [-0.4, -0.2) is 30.9 Å². The molecule has 0 unspecified atom stereocenters. The summed E-state index contributed by atoms with van der Waals surface area (Å²) in [6.45, 7) is 4.83. The first kappa shape index (κ1) is 16.0. The molecule has 2 heterocycles. The lowest BCUT2D eigenvalue weighted by atomic mass is 10.2. The fourth-order valence-corrected chi connectivity index (χ4v) is 3.13. The van der Waals surface area contributed by atoms with E-state index in [2.05, 4.69) is 39.5 Å². The van der Waals surface area contributed by atoms with Crippen molar-refractivity contribution >= 4 is 18.4 Å². The molecule has 1 N–H and O–H groups in total. The number of hydrogen-bond donors (Lipinski definition) is 1. The third kappa shape index (κ3) is 3.19. The number of nitrogens with one attached hydrogen (secondary N) is 1. The van der Waals surface area contributed by atoms with E-state index in [4.69, 9.17) is 12.2 Å². The molecule has 0 radical (unpaired) electrons. The summed E-state index contributed by atoms with van der Waals surface area (Å²) < 4.78 is 4.29. The minimum absolute atomic E-state index is 0.480. The van der Waals surface area contributed by atoms with Crippen molar-refractivity contribution in [2.45, 2.75) is 39.2 Å². The lowest BCUT2D eigenvalue weighted by Gasteiger charge is -2.04. The minimum Gasteiger partial charge on any atom is -0.265 e. The van der Waals surface area contributed by atoms with Crippen LogP contribution in [0.5, 0.6) is 0 Å². The van der Waals surface area contributed by atoms with E-state index in [1.54, 1.807) is 4.68 Å². The molecule has 1 fully saturated rings. The molecule has 0 aliphatic heterocycles. The predicted molar refractivity (Wildman–Crippen MR) is 99.6 cm³/mol. The first-order chi connectivity index (χ1) is 12.1. The Labute approximate surface area is 151 Å². The highest BCUT2D eigenvalue weighted by atomic mass is 32.1. The molecular formula is C18H20N6S. The number of H-pyrrole nitrogens is 1. The Morgan fingerprint density at radius 3 is 2.76 bits per heavy atom. The lowest BCUT2D eigenvalue weighted by molar-refractivity contribution is 0.659. The summed E-state index contributed by atoms with van der Waals surface area (Å²) in [6, 6.07) is 10.3. The fourth-order valence-electron chi connectivity index (χ4n) is 2.94. The number of aryl methyl sites for hydroxylation is 1. The van der Waals surface area contributed by atoms with E-state index in [0.29, 0.717) is 10.7 Å². The van der Waals surface area contributed by atoms with Crippen molar-refractivity contribution in [1.29, 1.82) is 0 Å². The van der Waals surface area contributed by atoms with Crippen LogP contribution in [0.1, 0.15) is 47.1 Å². The van der Waals surface area contributed by atoms with E-state index < -0.39 is 0 Å². The minimum atomic E-state index is 0.480. The van der Waals surface area contributed by atoms with Gasteiger partial charge < -0.3 is 0 Å². The Bertz CT molecular complexity index is 975. The van der Waals surface area contributed by atoms with E-state index in [9.17, 15) is 0 Å². The molecule has 1 aliphatic rings. The summed E-state index contributed by atoms with van der Waals surface area (Å²) in [6.07, 6.45) is 4.15. The highest BCUT2D eigenvalue weighted by Gasteiger charge is 2.29. The Kier molecular flexibility index (Phi) is 4.09. The van der Waals surface area contributed by atoms with E-state index in [1.807, 2.05) is 36.0 Å². The maximum Gasteiger partial charge on any atom is 0.216 e. The van der Waals surface area contributed by atoms with E-state index in [0.717, 1.165) is 42.2 Å². The van der Waals surface area contributed by atoms with Gasteiger partial charge in [-0.2, -0.15) is 20.0 Å². The molecule has 0 saturated heterocycles. The fraction of sp³-hybridized carbons (Fsp3) is 0.333. The van der Waals surface area contributed by atoms with E-state index in [-0.39, 0.29) is 0 Å². The van der Waals surface area contributed by atoms with Crippen LogP contribution in [0.4, 0.5) is 0 Å². The van der Waals surface area contributed by atoms with Gasteiger partial charge in [-0.05, 0) is 44.5 Å². The average molecular weight is 352 g/mol. The van der Waals surface area contributed by atoms with Crippen molar-refractivity contribution in [2.24, 2.45) is 5.10 Å². The number of rotatable bonds is 5. The van der Waals surface area contributed by atoms with Gasteiger partial charge in [0.15, 0.2) is 5.82 Å². The third-order valence-electron chi connectivity index (χ3n) is 4.53. The summed E-state index contributed by atoms with van der Waals surface area (Å²) in [4.78, 5) is 0. The Morgan fingerprint density at radius 1 is 1.28 bits per heavy atom. The van der Waals surface area contributed by atoms with Crippen molar-refractivity contribution in [3.8, 4) is 0 Å². The van der Waals surface area contributed by atoms with Crippen LogP contribution >= 0.6 is 12.2 Å². The van der Waals surface area contributed by atoms with Crippen LogP contribution in [0.3, 0.4) is 0 Å². The zero-order chi connectivity index (χ0) is 17.4. The van der Waals surface area contributed by atoms with E-state index in [1.165, 1.54) is 5.56 Å². The van der Waals surface area contributed by atoms with Crippen molar-refractivity contribution < 1.29 is 0 Å². The first-order valence-electron chi connectivity index (χ1n) is 8.43. The summed E-state index contributed by atoms with van der Waals surface area (Å²) >= 11 is 5.30. The summed E-state index contributed by atoms with van der Waals surface area (Å²) in [5.41, 5.74) is 4.30. The highest BCUT2D eigenvalue weighted by molar-refractivity contribution is 7.71. The smallest absolute Gasteiger partial charge is 0.216 e. The maximum atomic E-state index is 5.30. The number of nitrogens with zero attached hydrogens (tertiary/aromatic N) is 5. The van der Waals surface area contributed by atoms with Gasteiger partial charge in [-0.3, -0.25) is 9.78 Å². The second-order valence-electron chi connectivity index (χ2n) is 6.45. The van der Waals surface area contributed by atoms with Gasteiger partial charge in [0.1, 0.15) is 0 Å². The quantitative estimate of drug-likeness (QED) is 0.564. The van der Waals surface area contributed by atoms with Crippen molar-refractivity contribution in [2.75, 3.05) is 0 Å². The molecule has 128 valence electrons. The SMILES string of the molecule is Cc1nn(Cc2ccccc2)c(C)c1/C=N\n1c(C2CC2)n[nH]c1=S. The number of aromatic nitrogens is 5. The third-order valence-corrected chi connectivity index (χ3v) is 4.80. The molecule has 4 rings (SSSR count). The molecule has 1 saturated carbocycles. The van der Waals surface area contributed by atoms with Gasteiger partial charge >= 0.3 is 0 Å². The zero-order valence-electron chi connectivity index (χ0n) is 14.3. The maximum absolute atomic E-state index is 5.30. The second kappa shape index (κ2) is 6.40. The Hall–Kier alpha value is -2.54. The van der Waals surface area contributed by atoms with Crippen LogP contribution < -0.4 is 0 Å².